The molecular weight excluding hydrogens is 218 g/mol. The maximum atomic E-state index is 6.11. The zero-order valence-corrected chi connectivity index (χ0v) is 10.9. The van der Waals surface area contributed by atoms with Crippen molar-refractivity contribution in [3.8, 4) is 0 Å². The van der Waals surface area contributed by atoms with E-state index in [9.17, 15) is 0 Å². The van der Waals surface area contributed by atoms with Gasteiger partial charge in [-0.25, -0.2) is 0 Å². The number of hydrogen-bond acceptors (Lipinski definition) is 1. The molecule has 0 radical (unpaired) electrons. The first-order valence-electron chi connectivity index (χ1n) is 6.11. The normalized spacial score (nSPS) is 26.2. The van der Waals surface area contributed by atoms with Crippen LogP contribution in [-0.4, -0.2) is 25.0 Å². The lowest BCUT2D eigenvalue weighted by atomic mass is 9.76. The lowest BCUT2D eigenvalue weighted by Crippen LogP contribution is -2.29. The van der Waals surface area contributed by atoms with E-state index in [2.05, 4.69) is 37.1 Å². The standard InChI is InChI=1S/C14H20ClN/c1-3-7-14(8-9-16(2)11-14)12-5-4-6-13(15)10-12/h4-6,10H,3,7-9,11H2,1-2H3. The maximum Gasteiger partial charge on any atom is 0.0408 e. The van der Waals surface area contributed by atoms with E-state index in [-0.39, 0.29) is 0 Å². The quantitative estimate of drug-likeness (QED) is 0.775. The van der Waals surface area contributed by atoms with Gasteiger partial charge in [0.25, 0.3) is 0 Å². The molecule has 88 valence electrons. The summed E-state index contributed by atoms with van der Waals surface area (Å²) in [5.74, 6) is 0. The second-order valence-electron chi connectivity index (χ2n) is 5.03. The summed E-state index contributed by atoms with van der Waals surface area (Å²) in [6.45, 7) is 4.64. The summed E-state index contributed by atoms with van der Waals surface area (Å²) in [4.78, 5) is 2.43. The number of nitrogens with zero attached hydrogens (tertiary/aromatic N) is 1. The summed E-state index contributed by atoms with van der Waals surface area (Å²) in [5, 5.41) is 0.863. The van der Waals surface area contributed by atoms with E-state index in [1.165, 1.54) is 37.9 Å². The molecule has 1 aliphatic rings. The van der Waals surface area contributed by atoms with Crippen molar-refractivity contribution in [2.45, 2.75) is 31.6 Å². The molecule has 0 bridgehead atoms. The minimum Gasteiger partial charge on any atom is -0.305 e. The third kappa shape index (κ3) is 2.26. The van der Waals surface area contributed by atoms with Crippen LogP contribution in [0.2, 0.25) is 5.02 Å². The first kappa shape index (κ1) is 11.9. The number of likely N-dealkylation sites (N-methyl/N-ethyl adjacent to an activating group) is 1. The Morgan fingerprint density at radius 2 is 2.25 bits per heavy atom. The summed E-state index contributed by atoms with van der Waals surface area (Å²) in [6.07, 6.45) is 3.76. The van der Waals surface area contributed by atoms with Gasteiger partial charge >= 0.3 is 0 Å². The summed E-state index contributed by atoms with van der Waals surface area (Å²) >= 11 is 6.11. The van der Waals surface area contributed by atoms with Crippen LogP contribution in [-0.2, 0) is 5.41 Å². The van der Waals surface area contributed by atoms with Crippen LogP contribution in [0, 0.1) is 0 Å². The highest BCUT2D eigenvalue weighted by atomic mass is 35.5. The monoisotopic (exact) mass is 237 g/mol. The SMILES string of the molecule is CCCC1(c2cccc(Cl)c2)CCN(C)C1. The topological polar surface area (TPSA) is 3.24 Å². The molecule has 0 spiro atoms. The molecular formula is C14H20ClN. The Morgan fingerprint density at radius 3 is 2.81 bits per heavy atom. The van der Waals surface area contributed by atoms with Crippen molar-refractivity contribution in [1.29, 1.82) is 0 Å². The highest BCUT2D eigenvalue weighted by Crippen LogP contribution is 2.38. The number of rotatable bonds is 3. The van der Waals surface area contributed by atoms with E-state index < -0.39 is 0 Å². The lowest BCUT2D eigenvalue weighted by Gasteiger charge is -2.29. The minimum absolute atomic E-state index is 0.342. The highest BCUT2D eigenvalue weighted by molar-refractivity contribution is 6.30. The first-order chi connectivity index (χ1) is 7.66. The second kappa shape index (κ2) is 4.77. The Bertz CT molecular complexity index is 360. The van der Waals surface area contributed by atoms with Crippen LogP contribution < -0.4 is 0 Å². The van der Waals surface area contributed by atoms with Crippen molar-refractivity contribution in [3.05, 3.63) is 34.9 Å². The predicted molar refractivity (Wildman–Crippen MR) is 70.2 cm³/mol. The molecule has 1 atom stereocenters. The van der Waals surface area contributed by atoms with Crippen molar-refractivity contribution >= 4 is 11.6 Å². The third-order valence-corrected chi connectivity index (χ3v) is 3.95. The van der Waals surface area contributed by atoms with E-state index in [1.54, 1.807) is 0 Å². The molecule has 1 nitrogen and oxygen atoms in total. The van der Waals surface area contributed by atoms with E-state index in [0.29, 0.717) is 5.41 Å². The van der Waals surface area contributed by atoms with E-state index in [0.717, 1.165) is 5.02 Å². The Kier molecular flexibility index (Phi) is 3.56. The Balaban J connectivity index is 2.32. The van der Waals surface area contributed by atoms with Gasteiger partial charge in [0.05, 0.1) is 0 Å². The van der Waals surface area contributed by atoms with Crippen LogP contribution in [0.25, 0.3) is 0 Å². The van der Waals surface area contributed by atoms with Gasteiger partial charge in [0, 0.05) is 17.0 Å². The zero-order chi connectivity index (χ0) is 11.6. The molecule has 1 aromatic rings. The van der Waals surface area contributed by atoms with Gasteiger partial charge in [-0.2, -0.15) is 0 Å². The van der Waals surface area contributed by atoms with Crippen LogP contribution in [0.1, 0.15) is 31.7 Å². The van der Waals surface area contributed by atoms with Gasteiger partial charge in [-0.3, -0.25) is 0 Å². The van der Waals surface area contributed by atoms with Crippen LogP contribution >= 0.6 is 11.6 Å². The molecule has 1 fully saturated rings. The smallest absolute Gasteiger partial charge is 0.0408 e. The van der Waals surface area contributed by atoms with Crippen molar-refractivity contribution in [1.82, 2.24) is 4.90 Å². The number of halogens is 1. The number of benzene rings is 1. The van der Waals surface area contributed by atoms with Gasteiger partial charge in [-0.1, -0.05) is 37.1 Å². The lowest BCUT2D eigenvalue weighted by molar-refractivity contribution is 0.351. The van der Waals surface area contributed by atoms with Crippen LogP contribution in [0.4, 0.5) is 0 Å². The molecule has 1 aliphatic heterocycles. The van der Waals surface area contributed by atoms with Crippen molar-refractivity contribution in [2.75, 3.05) is 20.1 Å². The van der Waals surface area contributed by atoms with Crippen LogP contribution in [0.3, 0.4) is 0 Å². The van der Waals surface area contributed by atoms with Crippen LogP contribution in [0.5, 0.6) is 0 Å². The van der Waals surface area contributed by atoms with E-state index >= 15 is 0 Å². The molecule has 1 saturated heterocycles. The molecule has 1 heterocycles. The zero-order valence-electron chi connectivity index (χ0n) is 10.2. The average molecular weight is 238 g/mol. The molecule has 0 saturated carbocycles. The van der Waals surface area contributed by atoms with Gasteiger partial charge < -0.3 is 4.90 Å². The Hall–Kier alpha value is -0.530. The molecule has 0 aromatic heterocycles. The van der Waals surface area contributed by atoms with Gasteiger partial charge in [0.15, 0.2) is 0 Å². The van der Waals surface area contributed by atoms with Gasteiger partial charge in [0.1, 0.15) is 0 Å². The first-order valence-corrected chi connectivity index (χ1v) is 6.49. The predicted octanol–water partition coefficient (Wildman–Crippen LogP) is 3.71. The Labute approximate surface area is 103 Å². The van der Waals surface area contributed by atoms with Gasteiger partial charge in [-0.15, -0.1) is 0 Å². The third-order valence-electron chi connectivity index (χ3n) is 3.71. The van der Waals surface area contributed by atoms with E-state index in [4.69, 9.17) is 11.6 Å². The fourth-order valence-electron chi connectivity index (χ4n) is 2.96. The molecule has 2 rings (SSSR count). The minimum atomic E-state index is 0.342. The molecule has 1 aromatic carbocycles. The fourth-order valence-corrected chi connectivity index (χ4v) is 3.15. The van der Waals surface area contributed by atoms with Gasteiger partial charge in [0.2, 0.25) is 0 Å². The summed E-state index contributed by atoms with van der Waals surface area (Å²) in [6, 6.07) is 8.42. The van der Waals surface area contributed by atoms with Crippen molar-refractivity contribution in [3.63, 3.8) is 0 Å². The summed E-state index contributed by atoms with van der Waals surface area (Å²) < 4.78 is 0. The molecule has 0 N–H and O–H groups in total. The second-order valence-corrected chi connectivity index (χ2v) is 5.46. The maximum absolute atomic E-state index is 6.11. The highest BCUT2D eigenvalue weighted by Gasteiger charge is 2.37. The van der Waals surface area contributed by atoms with Crippen molar-refractivity contribution in [2.24, 2.45) is 0 Å². The largest absolute Gasteiger partial charge is 0.305 e. The van der Waals surface area contributed by atoms with Crippen LogP contribution in [0.15, 0.2) is 24.3 Å². The molecule has 0 amide bonds. The van der Waals surface area contributed by atoms with E-state index in [1.807, 2.05) is 6.07 Å². The van der Waals surface area contributed by atoms with Gasteiger partial charge in [-0.05, 0) is 44.1 Å². The molecule has 2 heteroatoms. The Morgan fingerprint density at radius 1 is 1.44 bits per heavy atom. The molecule has 0 aliphatic carbocycles. The summed E-state index contributed by atoms with van der Waals surface area (Å²) in [7, 11) is 2.21. The molecule has 16 heavy (non-hydrogen) atoms. The number of likely N-dealkylation sites (tertiary alicyclic amines) is 1. The summed E-state index contributed by atoms with van der Waals surface area (Å²) in [5.41, 5.74) is 1.76. The van der Waals surface area contributed by atoms with Crippen molar-refractivity contribution < 1.29 is 0 Å². The molecule has 1 unspecified atom stereocenters. The fraction of sp³-hybridized carbons (Fsp3) is 0.571. The average Bonchev–Trinajstić information content (AvgIpc) is 2.62. The number of hydrogen-bond donors (Lipinski definition) is 0.